The highest BCUT2D eigenvalue weighted by molar-refractivity contribution is 5.45. The van der Waals surface area contributed by atoms with Crippen LogP contribution in [0.3, 0.4) is 0 Å². The third-order valence-corrected chi connectivity index (χ3v) is 9.69. The largest absolute Gasteiger partial charge is 0.272 e. The Balaban J connectivity index is 0.000000804. The van der Waals surface area contributed by atoms with Crippen LogP contribution in [0.5, 0.6) is 0 Å². The molecule has 0 aromatic heterocycles. The van der Waals surface area contributed by atoms with Gasteiger partial charge in [-0.3, -0.25) is 30.3 Å². The molecule has 0 bridgehead atoms. The first-order valence-corrected chi connectivity index (χ1v) is 22.3. The van der Waals surface area contributed by atoms with E-state index in [2.05, 4.69) is 68.4 Å². The minimum absolute atomic E-state index is 0.236. The lowest BCUT2D eigenvalue weighted by atomic mass is 9.98. The van der Waals surface area contributed by atoms with Crippen LogP contribution in [0, 0.1) is 48.1 Å². The van der Waals surface area contributed by atoms with Crippen molar-refractivity contribution in [2.75, 3.05) is 0 Å². The molecule has 0 heterocycles. The van der Waals surface area contributed by atoms with Crippen molar-refractivity contribution in [3.63, 3.8) is 0 Å². The summed E-state index contributed by atoms with van der Waals surface area (Å²) in [5, 5.41) is 33.2. The molecular formula is C49H79N3O6. The van der Waals surface area contributed by atoms with Crippen molar-refractivity contribution < 1.29 is 14.8 Å². The van der Waals surface area contributed by atoms with Crippen molar-refractivity contribution in [3.05, 3.63) is 118 Å². The molecule has 0 radical (unpaired) electrons. The summed E-state index contributed by atoms with van der Waals surface area (Å²) in [6.07, 6.45) is 17.4. The van der Waals surface area contributed by atoms with Gasteiger partial charge in [-0.2, -0.15) is 0 Å². The first kappa shape index (κ1) is 53.9. The fraction of sp³-hybridized carbons (Fsp3) is 0.633. The van der Waals surface area contributed by atoms with E-state index in [9.17, 15) is 30.3 Å². The summed E-state index contributed by atoms with van der Waals surface area (Å²) in [6.45, 7) is 23.6. The number of nitrogens with zero attached hydrogens (tertiary/aromatic N) is 3. The van der Waals surface area contributed by atoms with Gasteiger partial charge in [-0.1, -0.05) is 158 Å². The van der Waals surface area contributed by atoms with Crippen LogP contribution in [0.15, 0.2) is 54.6 Å². The van der Waals surface area contributed by atoms with Crippen molar-refractivity contribution >= 4 is 17.1 Å². The molecule has 0 aliphatic rings. The molecule has 0 aliphatic carbocycles. The number of benzene rings is 3. The van der Waals surface area contributed by atoms with Gasteiger partial charge in [-0.25, -0.2) is 0 Å². The average molecular weight is 806 g/mol. The monoisotopic (exact) mass is 806 g/mol. The molecular weight excluding hydrogens is 727 g/mol. The first-order valence-electron chi connectivity index (χ1n) is 22.3. The van der Waals surface area contributed by atoms with E-state index >= 15 is 0 Å². The van der Waals surface area contributed by atoms with Gasteiger partial charge in [0, 0.05) is 34.9 Å². The minimum atomic E-state index is -0.263. The summed E-state index contributed by atoms with van der Waals surface area (Å²) < 4.78 is 0. The van der Waals surface area contributed by atoms with Crippen LogP contribution in [0.2, 0.25) is 0 Å². The van der Waals surface area contributed by atoms with Crippen LogP contribution in [0.25, 0.3) is 0 Å². The third-order valence-electron chi connectivity index (χ3n) is 9.69. The molecule has 326 valence electrons. The molecule has 3 aromatic carbocycles. The number of hydrogen-bond donors (Lipinski definition) is 0. The van der Waals surface area contributed by atoms with E-state index in [1.807, 2.05) is 44.2 Å². The maximum Gasteiger partial charge on any atom is 0.272 e. The normalized spacial score (nSPS) is 10.7. The van der Waals surface area contributed by atoms with E-state index in [1.54, 1.807) is 18.2 Å². The van der Waals surface area contributed by atoms with Crippen LogP contribution in [-0.2, 0) is 38.5 Å². The summed E-state index contributed by atoms with van der Waals surface area (Å²) >= 11 is 0. The predicted molar refractivity (Wildman–Crippen MR) is 245 cm³/mol. The second-order valence-corrected chi connectivity index (χ2v) is 16.9. The zero-order valence-electron chi connectivity index (χ0n) is 38.2. The maximum absolute atomic E-state index is 11.2. The Kier molecular flexibility index (Phi) is 29.5. The Morgan fingerprint density at radius 3 is 1.07 bits per heavy atom. The Morgan fingerprint density at radius 2 is 0.759 bits per heavy atom. The van der Waals surface area contributed by atoms with Crippen molar-refractivity contribution in [2.24, 2.45) is 17.8 Å². The van der Waals surface area contributed by atoms with Gasteiger partial charge in [-0.15, -0.1) is 0 Å². The van der Waals surface area contributed by atoms with Crippen LogP contribution < -0.4 is 0 Å². The van der Waals surface area contributed by atoms with Crippen molar-refractivity contribution in [1.82, 2.24) is 0 Å². The molecule has 0 saturated carbocycles. The minimum Gasteiger partial charge on any atom is -0.258 e. The Labute approximate surface area is 352 Å². The molecule has 0 fully saturated rings. The zero-order valence-corrected chi connectivity index (χ0v) is 38.2. The third kappa shape index (κ3) is 24.6. The number of aryl methyl sites for hydroxylation is 6. The van der Waals surface area contributed by atoms with E-state index in [0.717, 1.165) is 142 Å². The number of nitro groups is 3. The molecule has 9 heteroatoms. The molecule has 3 aromatic rings. The topological polar surface area (TPSA) is 129 Å². The van der Waals surface area contributed by atoms with Crippen molar-refractivity contribution in [1.29, 1.82) is 0 Å². The Bertz CT molecular complexity index is 1600. The maximum atomic E-state index is 11.2. The zero-order chi connectivity index (χ0) is 44.0. The first-order chi connectivity index (χ1) is 27.5. The number of rotatable bonds is 22. The molecule has 0 spiro atoms. The van der Waals surface area contributed by atoms with E-state index in [4.69, 9.17) is 0 Å². The highest BCUT2D eigenvalue weighted by Crippen LogP contribution is 2.26. The number of nitro benzene ring substituents is 3. The number of unbranched alkanes of at least 4 members (excludes halogenated alkanes) is 6. The molecule has 0 atom stereocenters. The lowest BCUT2D eigenvalue weighted by molar-refractivity contribution is -0.385. The summed E-state index contributed by atoms with van der Waals surface area (Å²) in [4.78, 5) is 32.4. The molecule has 0 aliphatic heterocycles. The molecule has 0 amide bonds. The summed E-state index contributed by atoms with van der Waals surface area (Å²) in [7, 11) is 0. The molecule has 0 unspecified atom stereocenters. The van der Waals surface area contributed by atoms with Gasteiger partial charge >= 0.3 is 0 Å². The lowest BCUT2D eigenvalue weighted by Crippen LogP contribution is -1.99. The second-order valence-electron chi connectivity index (χ2n) is 16.9. The lowest BCUT2D eigenvalue weighted by Gasteiger charge is -2.07. The Morgan fingerprint density at radius 1 is 0.431 bits per heavy atom. The van der Waals surface area contributed by atoms with E-state index < -0.39 is 0 Å². The van der Waals surface area contributed by atoms with Crippen molar-refractivity contribution in [3.8, 4) is 0 Å². The quantitative estimate of drug-likeness (QED) is 0.0564. The van der Waals surface area contributed by atoms with Crippen LogP contribution >= 0.6 is 0 Å². The summed E-state index contributed by atoms with van der Waals surface area (Å²) in [5.41, 5.74) is 6.67. The van der Waals surface area contributed by atoms with Gasteiger partial charge in [0.1, 0.15) is 0 Å². The van der Waals surface area contributed by atoms with Gasteiger partial charge < -0.3 is 0 Å². The average Bonchev–Trinajstić information content (AvgIpc) is 3.17. The van der Waals surface area contributed by atoms with E-state index in [-0.39, 0.29) is 20.5 Å². The van der Waals surface area contributed by atoms with Gasteiger partial charge in [0.25, 0.3) is 17.1 Å². The van der Waals surface area contributed by atoms with Gasteiger partial charge in [0.05, 0.1) is 14.8 Å². The fourth-order valence-corrected chi connectivity index (χ4v) is 6.20. The Hall–Kier alpha value is -4.14. The number of hydrogen-bond acceptors (Lipinski definition) is 6. The highest BCUT2D eigenvalue weighted by Gasteiger charge is 2.16. The van der Waals surface area contributed by atoms with E-state index in [0.29, 0.717) is 17.3 Å². The fourth-order valence-electron chi connectivity index (χ4n) is 6.20. The smallest absolute Gasteiger partial charge is 0.258 e. The predicted octanol–water partition coefficient (Wildman–Crippen LogP) is 15.4. The molecule has 0 N–H and O–H groups in total. The molecule has 9 nitrogen and oxygen atoms in total. The van der Waals surface area contributed by atoms with Crippen LogP contribution in [-0.4, -0.2) is 14.8 Å². The van der Waals surface area contributed by atoms with E-state index in [1.165, 1.54) is 12.8 Å². The SMILES string of the molecule is CC(C)C.CCCCCc1ccc(CC)cc1[N+](=O)[O-].CCCCCc1ccc(CCC(C)C)cc1[N+](=O)[O-].CCc1ccc(CCCCCC(C)C)c([N+](=O)[O-])c1. The summed E-state index contributed by atoms with van der Waals surface area (Å²) in [5.74, 6) is 2.21. The van der Waals surface area contributed by atoms with Crippen LogP contribution in [0.4, 0.5) is 17.1 Å². The van der Waals surface area contributed by atoms with Crippen LogP contribution in [0.1, 0.15) is 180 Å². The molecule has 0 saturated heterocycles. The van der Waals surface area contributed by atoms with Gasteiger partial charge in [0.15, 0.2) is 0 Å². The standard InChI is InChI=1S/2C16H25NO2.C13H19NO2.C4H10/c1-4-14-10-11-15(16(12-14)17(18)19)9-7-5-6-8-13(2)3;1-4-5-6-7-15-11-10-14(9-8-13(2)3)12-16(15)17(18)19;1-3-5-6-7-12-9-8-11(4-2)10-13(12)14(15)16;1-4(2)3/h2*10-13H,4-9H2,1-3H3;8-10H,3-7H2,1-2H3;4H,1-3H3. The highest BCUT2D eigenvalue weighted by atomic mass is 16.6. The van der Waals surface area contributed by atoms with Gasteiger partial charge in [0.2, 0.25) is 0 Å². The van der Waals surface area contributed by atoms with Gasteiger partial charge in [-0.05, 0) is 98.7 Å². The van der Waals surface area contributed by atoms with Crippen molar-refractivity contribution in [2.45, 2.75) is 185 Å². The summed E-state index contributed by atoms with van der Waals surface area (Å²) in [6, 6.07) is 17.0. The molecule has 58 heavy (non-hydrogen) atoms. The molecule has 3 rings (SSSR count). The second kappa shape index (κ2) is 31.8.